The number of alkyl halides is 1. The smallest absolute Gasteiger partial charge is 0.307 e. The van der Waals surface area contributed by atoms with Gasteiger partial charge >= 0.3 is 5.97 Å². The third-order valence-electron chi connectivity index (χ3n) is 2.41. The maximum atomic E-state index is 10.7. The minimum Gasteiger partial charge on any atom is -0.481 e. The van der Waals surface area contributed by atoms with E-state index in [2.05, 4.69) is 6.07 Å². The maximum Gasteiger partial charge on any atom is 0.307 e. The second kappa shape index (κ2) is 5.53. The Morgan fingerprint density at radius 2 is 2.12 bits per heavy atom. The zero-order chi connectivity index (χ0) is 12.1. The van der Waals surface area contributed by atoms with Gasteiger partial charge in [-0.1, -0.05) is 13.0 Å². The van der Waals surface area contributed by atoms with Gasteiger partial charge in [-0.05, 0) is 29.2 Å². The summed E-state index contributed by atoms with van der Waals surface area (Å²) in [7, 11) is 0. The molecule has 16 heavy (non-hydrogen) atoms. The highest BCUT2D eigenvalue weighted by atomic mass is 35.5. The minimum atomic E-state index is -0.891. The fourth-order valence-corrected chi connectivity index (χ4v) is 1.84. The first-order valence-electron chi connectivity index (χ1n) is 4.94. The molecule has 0 heterocycles. The molecule has 0 aliphatic carbocycles. The topological polar surface area (TPSA) is 61.1 Å². The molecule has 0 saturated heterocycles. The fraction of sp³-hybridized carbons (Fsp3) is 0.333. The molecule has 0 aromatic heterocycles. The number of benzene rings is 1. The van der Waals surface area contributed by atoms with E-state index in [-0.39, 0.29) is 12.3 Å². The summed E-state index contributed by atoms with van der Waals surface area (Å²) in [6, 6.07) is 5.55. The average molecular weight is 238 g/mol. The lowest BCUT2D eigenvalue weighted by molar-refractivity contribution is -0.136. The molecule has 0 spiro atoms. The predicted octanol–water partition coefficient (Wildman–Crippen LogP) is 2.49. The highest BCUT2D eigenvalue weighted by Gasteiger charge is 2.10. The summed E-state index contributed by atoms with van der Waals surface area (Å²) in [5.41, 5.74) is 2.86. The zero-order valence-corrected chi connectivity index (χ0v) is 9.71. The summed E-state index contributed by atoms with van der Waals surface area (Å²) in [4.78, 5) is 10.7. The molecule has 1 rings (SSSR count). The van der Waals surface area contributed by atoms with Crippen LogP contribution in [0.15, 0.2) is 12.1 Å². The van der Waals surface area contributed by atoms with E-state index >= 15 is 0 Å². The van der Waals surface area contributed by atoms with Crippen molar-refractivity contribution >= 4 is 17.6 Å². The molecule has 0 amide bonds. The van der Waals surface area contributed by atoms with E-state index in [0.29, 0.717) is 17.5 Å². The van der Waals surface area contributed by atoms with Gasteiger partial charge in [0.2, 0.25) is 0 Å². The Morgan fingerprint density at radius 1 is 1.44 bits per heavy atom. The maximum absolute atomic E-state index is 10.7. The summed E-state index contributed by atoms with van der Waals surface area (Å²) in [6.07, 6.45) is 0.652. The number of nitrogens with zero attached hydrogens (tertiary/aromatic N) is 1. The molecular formula is C12H12ClNO2. The zero-order valence-electron chi connectivity index (χ0n) is 8.96. The van der Waals surface area contributed by atoms with Crippen molar-refractivity contribution in [3.05, 3.63) is 34.4 Å². The van der Waals surface area contributed by atoms with Crippen LogP contribution in [0.2, 0.25) is 0 Å². The third-order valence-corrected chi connectivity index (χ3v) is 2.70. The fourth-order valence-electron chi connectivity index (χ4n) is 1.59. The van der Waals surface area contributed by atoms with Gasteiger partial charge in [-0.2, -0.15) is 5.26 Å². The summed E-state index contributed by atoms with van der Waals surface area (Å²) >= 11 is 5.74. The van der Waals surface area contributed by atoms with Gasteiger partial charge < -0.3 is 5.11 Å². The Morgan fingerprint density at radius 3 is 2.56 bits per heavy atom. The number of hydrogen-bond acceptors (Lipinski definition) is 2. The first-order valence-corrected chi connectivity index (χ1v) is 5.48. The summed E-state index contributed by atoms with van der Waals surface area (Å²) in [5, 5.41) is 17.7. The number of carboxylic acids is 1. The molecule has 84 valence electrons. The van der Waals surface area contributed by atoms with E-state index < -0.39 is 5.97 Å². The van der Waals surface area contributed by atoms with Gasteiger partial charge in [-0.25, -0.2) is 0 Å². The first kappa shape index (κ1) is 12.5. The van der Waals surface area contributed by atoms with Gasteiger partial charge in [0.05, 0.1) is 18.1 Å². The van der Waals surface area contributed by atoms with Crippen LogP contribution in [0.1, 0.15) is 29.2 Å². The van der Waals surface area contributed by atoms with Crippen molar-refractivity contribution in [3.8, 4) is 6.07 Å². The number of carbonyl (C=O) groups is 1. The third kappa shape index (κ3) is 2.74. The normalized spacial score (nSPS) is 9.81. The molecule has 0 radical (unpaired) electrons. The van der Waals surface area contributed by atoms with Crippen LogP contribution in [0.4, 0.5) is 0 Å². The van der Waals surface area contributed by atoms with Crippen LogP contribution in [0.5, 0.6) is 0 Å². The first-order chi connectivity index (χ1) is 7.62. The predicted molar refractivity (Wildman–Crippen MR) is 61.4 cm³/mol. The lowest BCUT2D eigenvalue weighted by atomic mass is 9.96. The number of aliphatic carboxylic acids is 1. The van der Waals surface area contributed by atoms with Crippen LogP contribution >= 0.6 is 11.6 Å². The minimum absolute atomic E-state index is 0.0548. The molecule has 0 atom stereocenters. The number of hydrogen-bond donors (Lipinski definition) is 1. The SMILES string of the molecule is CCc1cc(CC(=O)O)c(CCl)cc1C#N. The Bertz CT molecular complexity index is 449. The molecular weight excluding hydrogens is 226 g/mol. The van der Waals surface area contributed by atoms with E-state index in [9.17, 15) is 4.79 Å². The molecule has 3 nitrogen and oxygen atoms in total. The van der Waals surface area contributed by atoms with Gasteiger partial charge in [0.15, 0.2) is 0 Å². The Labute approximate surface area is 99.3 Å². The molecule has 0 aliphatic rings. The number of nitriles is 1. The molecule has 0 fully saturated rings. The molecule has 1 aromatic carbocycles. The van der Waals surface area contributed by atoms with Gasteiger partial charge in [0.1, 0.15) is 0 Å². The number of halogens is 1. The largest absolute Gasteiger partial charge is 0.481 e. The highest BCUT2D eigenvalue weighted by molar-refractivity contribution is 6.17. The Hall–Kier alpha value is -1.53. The molecule has 0 bridgehead atoms. The van der Waals surface area contributed by atoms with Crippen molar-refractivity contribution in [3.63, 3.8) is 0 Å². The molecule has 0 unspecified atom stereocenters. The molecule has 0 saturated carbocycles. The van der Waals surface area contributed by atoms with E-state index in [1.807, 2.05) is 6.92 Å². The van der Waals surface area contributed by atoms with Gasteiger partial charge in [-0.3, -0.25) is 4.79 Å². The van der Waals surface area contributed by atoms with Crippen LogP contribution in [-0.4, -0.2) is 11.1 Å². The molecule has 0 aliphatic heterocycles. The van der Waals surface area contributed by atoms with Crippen LogP contribution in [-0.2, 0) is 23.5 Å². The standard InChI is InChI=1S/C12H12ClNO2/c1-2-8-3-9(5-12(15)16)10(6-13)4-11(8)7-14/h3-4H,2,5-6H2,1H3,(H,15,16). The van der Waals surface area contributed by atoms with E-state index in [1.54, 1.807) is 12.1 Å². The van der Waals surface area contributed by atoms with Crippen LogP contribution < -0.4 is 0 Å². The van der Waals surface area contributed by atoms with Crippen LogP contribution in [0.3, 0.4) is 0 Å². The Kier molecular flexibility index (Phi) is 4.33. The molecule has 1 aromatic rings. The second-order valence-electron chi connectivity index (χ2n) is 3.45. The number of carboxylic acid groups (broad SMARTS) is 1. The average Bonchev–Trinajstić information content (AvgIpc) is 2.27. The summed E-state index contributed by atoms with van der Waals surface area (Å²) < 4.78 is 0. The van der Waals surface area contributed by atoms with Crippen molar-refractivity contribution in [2.24, 2.45) is 0 Å². The van der Waals surface area contributed by atoms with Crippen molar-refractivity contribution in [2.45, 2.75) is 25.6 Å². The Balaban J connectivity index is 3.27. The highest BCUT2D eigenvalue weighted by Crippen LogP contribution is 2.19. The lowest BCUT2D eigenvalue weighted by Gasteiger charge is -2.09. The van der Waals surface area contributed by atoms with Crippen LogP contribution in [0.25, 0.3) is 0 Å². The van der Waals surface area contributed by atoms with E-state index in [1.165, 1.54) is 0 Å². The molecule has 1 N–H and O–H groups in total. The summed E-state index contributed by atoms with van der Waals surface area (Å²) in [6.45, 7) is 1.93. The van der Waals surface area contributed by atoms with Crippen molar-refractivity contribution in [2.75, 3.05) is 0 Å². The van der Waals surface area contributed by atoms with E-state index in [0.717, 1.165) is 11.1 Å². The number of rotatable bonds is 4. The van der Waals surface area contributed by atoms with Gasteiger partial charge in [-0.15, -0.1) is 11.6 Å². The van der Waals surface area contributed by atoms with Gasteiger partial charge in [0.25, 0.3) is 0 Å². The van der Waals surface area contributed by atoms with Crippen LogP contribution in [0, 0.1) is 11.3 Å². The van der Waals surface area contributed by atoms with Crippen molar-refractivity contribution in [1.82, 2.24) is 0 Å². The number of aryl methyl sites for hydroxylation is 1. The monoisotopic (exact) mass is 237 g/mol. The van der Waals surface area contributed by atoms with Gasteiger partial charge in [0, 0.05) is 5.88 Å². The lowest BCUT2D eigenvalue weighted by Crippen LogP contribution is -2.05. The second-order valence-corrected chi connectivity index (χ2v) is 3.71. The molecule has 4 heteroatoms. The summed E-state index contributed by atoms with van der Waals surface area (Å²) in [5.74, 6) is -0.667. The quantitative estimate of drug-likeness (QED) is 0.819. The van der Waals surface area contributed by atoms with Crippen molar-refractivity contribution in [1.29, 1.82) is 5.26 Å². The van der Waals surface area contributed by atoms with Crippen molar-refractivity contribution < 1.29 is 9.90 Å². The van der Waals surface area contributed by atoms with E-state index in [4.69, 9.17) is 22.0 Å².